The van der Waals surface area contributed by atoms with Gasteiger partial charge in [-0.05, 0) is 32.2 Å². The molecule has 1 N–H and O–H groups in total. The van der Waals surface area contributed by atoms with Crippen LogP contribution in [-0.2, 0) is 14.8 Å². The number of ether oxygens (including phenoxy) is 1. The first-order chi connectivity index (χ1) is 13.3. The lowest BCUT2D eigenvalue weighted by molar-refractivity contribution is 0.0904. The smallest absolute Gasteiger partial charge is 0.216 e. The average Bonchev–Trinajstić information content (AvgIpc) is 3.19. The van der Waals surface area contributed by atoms with Gasteiger partial charge in [-0.2, -0.15) is 4.31 Å². The zero-order chi connectivity index (χ0) is 20.6. The van der Waals surface area contributed by atoms with Crippen LogP contribution >= 0.6 is 11.3 Å². The highest BCUT2D eigenvalue weighted by Gasteiger charge is 2.28. The van der Waals surface area contributed by atoms with Crippen LogP contribution in [0.2, 0.25) is 0 Å². The van der Waals surface area contributed by atoms with Crippen molar-refractivity contribution >= 4 is 27.3 Å². The SMILES string of the molecule is CCNC(=NCC(C)c1cccs1)N1CCN(S(=O)(=O)CCOC(C)C)CC1. The van der Waals surface area contributed by atoms with Gasteiger partial charge in [-0.1, -0.05) is 13.0 Å². The number of nitrogens with one attached hydrogen (secondary N) is 1. The van der Waals surface area contributed by atoms with Crippen LogP contribution in [0, 0.1) is 0 Å². The second kappa shape index (κ2) is 11.1. The van der Waals surface area contributed by atoms with Crippen LogP contribution in [0.4, 0.5) is 0 Å². The molecule has 1 aliphatic heterocycles. The van der Waals surface area contributed by atoms with E-state index >= 15 is 0 Å². The standard InChI is InChI=1S/C19H34N4O3S2/c1-5-20-19(21-15-17(4)18-7-6-13-27-18)22-8-10-23(11-9-22)28(24,25)14-12-26-16(2)3/h6-7,13,16-17H,5,8-12,14-15H2,1-4H3,(H,20,21). The van der Waals surface area contributed by atoms with Crippen LogP contribution in [0.3, 0.4) is 0 Å². The molecule has 0 aliphatic carbocycles. The summed E-state index contributed by atoms with van der Waals surface area (Å²) in [6.07, 6.45) is 0.0440. The minimum Gasteiger partial charge on any atom is -0.378 e. The van der Waals surface area contributed by atoms with Gasteiger partial charge in [0.05, 0.1) is 25.0 Å². The van der Waals surface area contributed by atoms with Crippen LogP contribution in [0.25, 0.3) is 0 Å². The fourth-order valence-corrected chi connectivity index (χ4v) is 5.07. The van der Waals surface area contributed by atoms with Crippen molar-refractivity contribution in [1.82, 2.24) is 14.5 Å². The molecule has 1 aliphatic rings. The first-order valence-corrected chi connectivity index (χ1v) is 12.5. The summed E-state index contributed by atoms with van der Waals surface area (Å²) in [5.41, 5.74) is 0. The van der Waals surface area contributed by atoms with E-state index in [2.05, 4.69) is 34.7 Å². The summed E-state index contributed by atoms with van der Waals surface area (Å²) in [6, 6.07) is 4.21. The summed E-state index contributed by atoms with van der Waals surface area (Å²) in [6.45, 7) is 12.0. The maximum absolute atomic E-state index is 12.5. The second-order valence-electron chi connectivity index (χ2n) is 7.23. The van der Waals surface area contributed by atoms with Crippen molar-refractivity contribution in [1.29, 1.82) is 0 Å². The Hall–Kier alpha value is -1.16. The van der Waals surface area contributed by atoms with Gasteiger partial charge in [0.1, 0.15) is 0 Å². The first-order valence-electron chi connectivity index (χ1n) is 9.99. The van der Waals surface area contributed by atoms with Crippen LogP contribution in [0.1, 0.15) is 38.5 Å². The fourth-order valence-electron chi connectivity index (χ4n) is 3.01. The predicted molar refractivity (Wildman–Crippen MR) is 117 cm³/mol. The quantitative estimate of drug-likeness (QED) is 0.480. The summed E-state index contributed by atoms with van der Waals surface area (Å²) in [5, 5.41) is 5.43. The molecule has 1 saturated heterocycles. The molecule has 160 valence electrons. The molecule has 28 heavy (non-hydrogen) atoms. The van der Waals surface area contributed by atoms with E-state index in [4.69, 9.17) is 9.73 Å². The normalized spacial score (nSPS) is 17.9. The van der Waals surface area contributed by atoms with Crippen molar-refractivity contribution in [2.75, 3.05) is 51.6 Å². The number of nitrogens with zero attached hydrogens (tertiary/aromatic N) is 3. The third kappa shape index (κ3) is 7.02. The molecule has 2 heterocycles. The first kappa shape index (κ1) is 23.1. The van der Waals surface area contributed by atoms with Gasteiger partial charge in [0.25, 0.3) is 0 Å². The Kier molecular flexibility index (Phi) is 9.20. The number of guanidine groups is 1. The largest absolute Gasteiger partial charge is 0.378 e. The highest BCUT2D eigenvalue weighted by molar-refractivity contribution is 7.89. The molecule has 9 heteroatoms. The van der Waals surface area contributed by atoms with E-state index in [1.165, 1.54) is 4.88 Å². The van der Waals surface area contributed by atoms with E-state index in [1.807, 2.05) is 20.8 Å². The number of piperazine rings is 1. The molecule has 1 fully saturated rings. The summed E-state index contributed by atoms with van der Waals surface area (Å²) < 4.78 is 32.0. The van der Waals surface area contributed by atoms with Crippen molar-refractivity contribution in [3.05, 3.63) is 22.4 Å². The average molecular weight is 431 g/mol. The van der Waals surface area contributed by atoms with E-state index in [0.29, 0.717) is 38.6 Å². The van der Waals surface area contributed by atoms with Crippen molar-refractivity contribution in [2.24, 2.45) is 4.99 Å². The number of aliphatic imine (C=N–C) groups is 1. The molecule has 0 spiro atoms. The Morgan fingerprint density at radius 1 is 1.29 bits per heavy atom. The Balaban J connectivity index is 1.90. The molecule has 1 aromatic heterocycles. The van der Waals surface area contributed by atoms with Gasteiger partial charge >= 0.3 is 0 Å². The molecule has 0 aromatic carbocycles. The van der Waals surface area contributed by atoms with E-state index in [-0.39, 0.29) is 18.5 Å². The molecule has 7 nitrogen and oxygen atoms in total. The molecule has 2 rings (SSSR count). The topological polar surface area (TPSA) is 74.2 Å². The minimum absolute atomic E-state index is 0.0394. The maximum atomic E-state index is 12.5. The van der Waals surface area contributed by atoms with Crippen LogP contribution in [-0.4, -0.2) is 81.3 Å². The zero-order valence-corrected chi connectivity index (χ0v) is 19.1. The van der Waals surface area contributed by atoms with Crippen molar-refractivity contribution < 1.29 is 13.2 Å². The van der Waals surface area contributed by atoms with Crippen LogP contribution < -0.4 is 5.32 Å². The summed E-state index contributed by atoms with van der Waals surface area (Å²) >= 11 is 1.76. The fraction of sp³-hybridized carbons (Fsp3) is 0.737. The van der Waals surface area contributed by atoms with Gasteiger partial charge in [0.15, 0.2) is 5.96 Å². The van der Waals surface area contributed by atoms with Gasteiger partial charge < -0.3 is 15.0 Å². The number of sulfonamides is 1. The van der Waals surface area contributed by atoms with Crippen molar-refractivity contribution in [3.8, 4) is 0 Å². The second-order valence-corrected chi connectivity index (χ2v) is 10.3. The van der Waals surface area contributed by atoms with E-state index < -0.39 is 10.0 Å². The Morgan fingerprint density at radius 2 is 2.00 bits per heavy atom. The lowest BCUT2D eigenvalue weighted by Crippen LogP contribution is -2.54. The minimum atomic E-state index is -3.27. The number of hydrogen-bond donors (Lipinski definition) is 1. The van der Waals surface area contributed by atoms with Crippen LogP contribution in [0.15, 0.2) is 22.5 Å². The highest BCUT2D eigenvalue weighted by Crippen LogP contribution is 2.21. The van der Waals surface area contributed by atoms with E-state index in [0.717, 1.165) is 12.5 Å². The highest BCUT2D eigenvalue weighted by atomic mass is 32.2. The third-order valence-corrected chi connectivity index (χ3v) is 7.54. The van der Waals surface area contributed by atoms with Crippen molar-refractivity contribution in [3.63, 3.8) is 0 Å². The Bertz CT molecular complexity index is 697. The molecular formula is C19H34N4O3S2. The lowest BCUT2D eigenvalue weighted by Gasteiger charge is -2.36. The van der Waals surface area contributed by atoms with E-state index in [1.54, 1.807) is 15.6 Å². The zero-order valence-electron chi connectivity index (χ0n) is 17.4. The molecule has 0 radical (unpaired) electrons. The van der Waals surface area contributed by atoms with Gasteiger partial charge in [-0.3, -0.25) is 4.99 Å². The number of hydrogen-bond acceptors (Lipinski definition) is 5. The van der Waals surface area contributed by atoms with Gasteiger partial charge in [0, 0.05) is 43.5 Å². The lowest BCUT2D eigenvalue weighted by atomic mass is 10.1. The van der Waals surface area contributed by atoms with Crippen molar-refractivity contribution in [2.45, 2.75) is 39.7 Å². The van der Waals surface area contributed by atoms with E-state index in [9.17, 15) is 8.42 Å². The molecule has 0 bridgehead atoms. The molecular weight excluding hydrogens is 396 g/mol. The Morgan fingerprint density at radius 3 is 2.57 bits per heavy atom. The summed E-state index contributed by atoms with van der Waals surface area (Å²) in [5.74, 6) is 1.28. The molecule has 1 unspecified atom stereocenters. The molecule has 1 aromatic rings. The van der Waals surface area contributed by atoms with Crippen LogP contribution in [0.5, 0.6) is 0 Å². The number of rotatable bonds is 9. The summed E-state index contributed by atoms with van der Waals surface area (Å²) in [4.78, 5) is 8.29. The Labute approximate surface area is 173 Å². The molecule has 0 saturated carbocycles. The van der Waals surface area contributed by atoms with Gasteiger partial charge in [-0.25, -0.2) is 8.42 Å². The van der Waals surface area contributed by atoms with Gasteiger partial charge in [-0.15, -0.1) is 11.3 Å². The number of thiophene rings is 1. The third-order valence-electron chi connectivity index (χ3n) is 4.60. The van der Waals surface area contributed by atoms with Gasteiger partial charge in [0.2, 0.25) is 10.0 Å². The summed E-state index contributed by atoms with van der Waals surface area (Å²) in [7, 11) is -3.27. The predicted octanol–water partition coefficient (Wildman–Crippen LogP) is 2.19. The maximum Gasteiger partial charge on any atom is 0.216 e. The monoisotopic (exact) mass is 430 g/mol. The molecule has 1 atom stereocenters. The molecule has 0 amide bonds.